The molecule has 5 nitrogen and oxygen atoms in total. The molecule has 0 aliphatic carbocycles. The molecule has 2 rings (SSSR count). The molecular weight excluding hydrogens is 192 g/mol. The summed E-state index contributed by atoms with van der Waals surface area (Å²) in [5.41, 5.74) is 0.420. The molecule has 1 aromatic heterocycles. The molecule has 5 heteroatoms. The monoisotopic (exact) mass is 208 g/mol. The van der Waals surface area contributed by atoms with Crippen LogP contribution in [0.1, 0.15) is 36.3 Å². The fraction of sp³-hybridized carbons (Fsp3) is 0.700. The van der Waals surface area contributed by atoms with Gasteiger partial charge in [0.05, 0.1) is 12.2 Å². The van der Waals surface area contributed by atoms with Gasteiger partial charge in [-0.3, -0.25) is 4.79 Å². The number of carbonyl (C=O) groups is 1. The summed E-state index contributed by atoms with van der Waals surface area (Å²) in [5.74, 6) is 0. The Hall–Kier alpha value is -1.23. The summed E-state index contributed by atoms with van der Waals surface area (Å²) >= 11 is 0. The highest BCUT2D eigenvalue weighted by atomic mass is 16.1. The molecule has 1 atom stereocenters. The average Bonchev–Trinajstić information content (AvgIpc) is 2.78. The van der Waals surface area contributed by atoms with E-state index in [4.69, 9.17) is 0 Å². The van der Waals surface area contributed by atoms with E-state index in [9.17, 15) is 4.79 Å². The number of aromatic nitrogens is 3. The SMILES string of the molecule is CCN1CCCC(n2cc(C=O)nn2)C1. The predicted molar refractivity (Wildman–Crippen MR) is 55.8 cm³/mol. The Morgan fingerprint density at radius 3 is 3.20 bits per heavy atom. The van der Waals surface area contributed by atoms with Gasteiger partial charge in [0.25, 0.3) is 0 Å². The molecule has 0 spiro atoms. The molecule has 1 aliphatic rings. The average molecular weight is 208 g/mol. The maximum Gasteiger partial charge on any atom is 0.171 e. The Labute approximate surface area is 89.1 Å². The van der Waals surface area contributed by atoms with Crippen LogP contribution in [0.4, 0.5) is 0 Å². The van der Waals surface area contributed by atoms with Gasteiger partial charge < -0.3 is 4.90 Å². The first-order valence-electron chi connectivity index (χ1n) is 5.43. The Morgan fingerprint density at radius 1 is 1.67 bits per heavy atom. The summed E-state index contributed by atoms with van der Waals surface area (Å²) < 4.78 is 1.82. The molecule has 0 bridgehead atoms. The topological polar surface area (TPSA) is 51.0 Å². The molecule has 0 N–H and O–H groups in total. The van der Waals surface area contributed by atoms with Crippen molar-refractivity contribution in [3.8, 4) is 0 Å². The Morgan fingerprint density at radius 2 is 2.53 bits per heavy atom. The van der Waals surface area contributed by atoms with Crippen LogP contribution in [0.2, 0.25) is 0 Å². The number of hydrogen-bond acceptors (Lipinski definition) is 4. The second-order valence-electron chi connectivity index (χ2n) is 3.93. The maximum absolute atomic E-state index is 10.5. The molecule has 1 aromatic rings. The quantitative estimate of drug-likeness (QED) is 0.688. The molecule has 82 valence electrons. The fourth-order valence-electron chi connectivity index (χ4n) is 2.06. The second kappa shape index (κ2) is 4.53. The summed E-state index contributed by atoms with van der Waals surface area (Å²) in [6, 6.07) is 0.375. The number of carbonyl (C=O) groups excluding carboxylic acids is 1. The minimum absolute atomic E-state index is 0.375. The van der Waals surface area contributed by atoms with Crippen molar-refractivity contribution in [1.29, 1.82) is 0 Å². The lowest BCUT2D eigenvalue weighted by Gasteiger charge is -2.31. The van der Waals surface area contributed by atoms with Gasteiger partial charge in [0.15, 0.2) is 6.29 Å². The maximum atomic E-state index is 10.5. The lowest BCUT2D eigenvalue weighted by Crippen LogP contribution is -2.36. The van der Waals surface area contributed by atoms with Crippen molar-refractivity contribution in [2.75, 3.05) is 19.6 Å². The molecule has 2 heterocycles. The van der Waals surface area contributed by atoms with E-state index in [0.717, 1.165) is 25.8 Å². The first kappa shape index (κ1) is 10.3. The summed E-state index contributed by atoms with van der Waals surface area (Å²) in [4.78, 5) is 12.9. The van der Waals surface area contributed by atoms with Gasteiger partial charge in [-0.15, -0.1) is 5.10 Å². The summed E-state index contributed by atoms with van der Waals surface area (Å²) in [7, 11) is 0. The molecule has 1 saturated heterocycles. The van der Waals surface area contributed by atoms with Gasteiger partial charge in [-0.1, -0.05) is 12.1 Å². The van der Waals surface area contributed by atoms with Gasteiger partial charge in [0.2, 0.25) is 0 Å². The Balaban J connectivity index is 2.06. The van der Waals surface area contributed by atoms with Crippen LogP contribution in [-0.2, 0) is 0 Å². The van der Waals surface area contributed by atoms with Gasteiger partial charge in [0.1, 0.15) is 5.69 Å². The second-order valence-corrected chi connectivity index (χ2v) is 3.93. The van der Waals surface area contributed by atoms with Crippen LogP contribution in [-0.4, -0.2) is 45.8 Å². The molecule has 1 fully saturated rings. The van der Waals surface area contributed by atoms with Gasteiger partial charge in [0, 0.05) is 6.54 Å². The molecule has 15 heavy (non-hydrogen) atoms. The van der Waals surface area contributed by atoms with Crippen LogP contribution in [0.15, 0.2) is 6.20 Å². The summed E-state index contributed by atoms with van der Waals surface area (Å²) in [6.45, 7) is 5.42. The van der Waals surface area contributed by atoms with E-state index in [0.29, 0.717) is 11.7 Å². The van der Waals surface area contributed by atoms with Gasteiger partial charge >= 0.3 is 0 Å². The van der Waals surface area contributed by atoms with Crippen LogP contribution in [0.25, 0.3) is 0 Å². The largest absolute Gasteiger partial charge is 0.301 e. The minimum atomic E-state index is 0.375. The number of likely N-dealkylation sites (N-methyl/N-ethyl adjacent to an activating group) is 1. The van der Waals surface area contributed by atoms with Crippen LogP contribution in [0.3, 0.4) is 0 Å². The van der Waals surface area contributed by atoms with Crippen LogP contribution in [0.5, 0.6) is 0 Å². The third kappa shape index (κ3) is 2.23. The lowest BCUT2D eigenvalue weighted by molar-refractivity contribution is 0.111. The van der Waals surface area contributed by atoms with Crippen molar-refractivity contribution in [3.63, 3.8) is 0 Å². The number of nitrogens with zero attached hydrogens (tertiary/aromatic N) is 4. The molecule has 1 aliphatic heterocycles. The van der Waals surface area contributed by atoms with Gasteiger partial charge in [-0.25, -0.2) is 4.68 Å². The molecule has 0 saturated carbocycles. The van der Waals surface area contributed by atoms with Crippen molar-refractivity contribution >= 4 is 6.29 Å². The Bertz CT molecular complexity index is 336. The van der Waals surface area contributed by atoms with Gasteiger partial charge in [-0.2, -0.15) is 0 Å². The van der Waals surface area contributed by atoms with Crippen LogP contribution < -0.4 is 0 Å². The zero-order valence-corrected chi connectivity index (χ0v) is 8.96. The lowest BCUT2D eigenvalue weighted by atomic mass is 10.1. The molecule has 0 amide bonds. The van der Waals surface area contributed by atoms with E-state index in [1.807, 2.05) is 4.68 Å². The summed E-state index contributed by atoms with van der Waals surface area (Å²) in [5, 5.41) is 7.78. The summed E-state index contributed by atoms with van der Waals surface area (Å²) in [6.07, 6.45) is 4.79. The zero-order valence-electron chi connectivity index (χ0n) is 8.96. The standard InChI is InChI=1S/C10H16N4O/c1-2-13-5-3-4-10(7-13)14-6-9(8-15)11-12-14/h6,8,10H,2-5,7H2,1H3. The molecule has 0 radical (unpaired) electrons. The fourth-order valence-corrected chi connectivity index (χ4v) is 2.06. The highest BCUT2D eigenvalue weighted by Crippen LogP contribution is 2.19. The van der Waals surface area contributed by atoms with Crippen molar-refractivity contribution in [2.24, 2.45) is 0 Å². The van der Waals surface area contributed by atoms with Crippen molar-refractivity contribution in [3.05, 3.63) is 11.9 Å². The highest BCUT2D eigenvalue weighted by Gasteiger charge is 2.21. The zero-order chi connectivity index (χ0) is 10.7. The van der Waals surface area contributed by atoms with E-state index < -0.39 is 0 Å². The van der Waals surface area contributed by atoms with Crippen LogP contribution >= 0.6 is 0 Å². The third-order valence-corrected chi connectivity index (χ3v) is 2.95. The van der Waals surface area contributed by atoms with E-state index in [1.165, 1.54) is 13.0 Å². The van der Waals surface area contributed by atoms with E-state index >= 15 is 0 Å². The van der Waals surface area contributed by atoms with E-state index in [-0.39, 0.29) is 0 Å². The first-order chi connectivity index (χ1) is 7.33. The minimum Gasteiger partial charge on any atom is -0.301 e. The first-order valence-corrected chi connectivity index (χ1v) is 5.43. The molecular formula is C10H16N4O. The molecule has 0 aromatic carbocycles. The number of piperidine rings is 1. The normalized spacial score (nSPS) is 22.9. The van der Waals surface area contributed by atoms with E-state index in [2.05, 4.69) is 22.1 Å². The number of hydrogen-bond donors (Lipinski definition) is 0. The Kier molecular flexibility index (Phi) is 3.11. The van der Waals surface area contributed by atoms with Crippen molar-refractivity contribution in [1.82, 2.24) is 19.9 Å². The molecule has 1 unspecified atom stereocenters. The van der Waals surface area contributed by atoms with Crippen molar-refractivity contribution < 1.29 is 4.79 Å². The predicted octanol–water partition coefficient (Wildman–Crippen LogP) is 0.747. The van der Waals surface area contributed by atoms with Gasteiger partial charge in [-0.05, 0) is 25.9 Å². The smallest absolute Gasteiger partial charge is 0.171 e. The third-order valence-electron chi connectivity index (χ3n) is 2.95. The number of aldehydes is 1. The van der Waals surface area contributed by atoms with Crippen molar-refractivity contribution in [2.45, 2.75) is 25.8 Å². The van der Waals surface area contributed by atoms with Crippen LogP contribution in [0, 0.1) is 0 Å². The van der Waals surface area contributed by atoms with E-state index in [1.54, 1.807) is 6.20 Å². The number of likely N-dealkylation sites (tertiary alicyclic amines) is 1. The number of rotatable bonds is 3. The highest BCUT2D eigenvalue weighted by molar-refractivity contribution is 5.70.